The first-order valence-electron chi connectivity index (χ1n) is 14.0. The standard InChI is InChI=1S/C29H35F3N8O2/c1-3-16-12-20(4-5-21(16)26(42)35-9-8-34-25(41)18-10-19(33)11-18)39-27-28(2)13-17(6-7-36-27)22(14-37-28)23-15-38-40-24(23)29(30,31)32/h4-7,12,14-15,17-19,37H,3,8-11,13,33H2,1-2H3,(H,34,41)(H,35,42)(H,36,39)(H,38,40). The van der Waals surface area contributed by atoms with Crippen molar-refractivity contribution in [1.29, 1.82) is 0 Å². The molecule has 5 rings (SSSR count). The molecule has 0 saturated heterocycles. The molecule has 224 valence electrons. The van der Waals surface area contributed by atoms with Gasteiger partial charge in [-0.1, -0.05) is 13.0 Å². The molecular weight excluding hydrogens is 549 g/mol. The van der Waals surface area contributed by atoms with Gasteiger partial charge in [0.25, 0.3) is 5.91 Å². The lowest BCUT2D eigenvalue weighted by Crippen LogP contribution is -2.53. The van der Waals surface area contributed by atoms with Gasteiger partial charge in [-0.2, -0.15) is 18.3 Å². The number of aryl methyl sites for hydroxylation is 1. The second kappa shape index (κ2) is 11.6. The number of aromatic amines is 1. The quantitative estimate of drug-likeness (QED) is 0.262. The van der Waals surface area contributed by atoms with E-state index in [4.69, 9.17) is 5.73 Å². The van der Waals surface area contributed by atoms with E-state index in [1.165, 1.54) is 6.20 Å². The number of amides is 2. The molecular formula is C29H35F3N8O2. The molecule has 1 aliphatic carbocycles. The van der Waals surface area contributed by atoms with E-state index < -0.39 is 17.4 Å². The normalized spacial score (nSPS) is 24.9. The van der Waals surface area contributed by atoms with Gasteiger partial charge in [0.05, 0.1) is 11.7 Å². The molecule has 0 radical (unpaired) electrons. The number of carbonyl (C=O) groups is 2. The number of allylic oxidation sites excluding steroid dienone is 2. The topological polar surface area (TPSA) is 149 Å². The van der Waals surface area contributed by atoms with Crippen molar-refractivity contribution in [2.75, 3.05) is 18.4 Å². The van der Waals surface area contributed by atoms with Gasteiger partial charge in [0, 0.05) is 60.2 Å². The van der Waals surface area contributed by atoms with Crippen molar-refractivity contribution in [3.8, 4) is 0 Å². The predicted octanol–water partition coefficient (Wildman–Crippen LogP) is 3.32. The van der Waals surface area contributed by atoms with Gasteiger partial charge in [-0.05, 0) is 61.9 Å². The molecule has 1 aromatic heterocycles. The molecule has 2 amide bonds. The fourth-order valence-electron chi connectivity index (χ4n) is 5.62. The number of nitrogens with zero attached hydrogens (tertiary/aromatic N) is 2. The van der Waals surface area contributed by atoms with E-state index in [9.17, 15) is 22.8 Å². The number of benzene rings is 1. The summed E-state index contributed by atoms with van der Waals surface area (Å²) in [6.45, 7) is 4.54. The molecule has 42 heavy (non-hydrogen) atoms. The zero-order valence-corrected chi connectivity index (χ0v) is 23.4. The summed E-state index contributed by atoms with van der Waals surface area (Å²) in [5.41, 5.74) is 6.77. The first kappa shape index (κ1) is 29.4. The summed E-state index contributed by atoms with van der Waals surface area (Å²) in [4.78, 5) is 29.5. The van der Waals surface area contributed by atoms with Gasteiger partial charge >= 0.3 is 6.18 Å². The zero-order chi connectivity index (χ0) is 30.1. The summed E-state index contributed by atoms with van der Waals surface area (Å²) in [6.07, 6.45) is 4.12. The summed E-state index contributed by atoms with van der Waals surface area (Å²) in [7, 11) is 0. The Labute approximate surface area is 241 Å². The Morgan fingerprint density at radius 2 is 1.95 bits per heavy atom. The Morgan fingerprint density at radius 1 is 1.19 bits per heavy atom. The van der Waals surface area contributed by atoms with Crippen molar-refractivity contribution in [3.05, 3.63) is 65.3 Å². The lowest BCUT2D eigenvalue weighted by atomic mass is 9.79. The number of amidine groups is 1. The number of hydrogen-bond acceptors (Lipinski definition) is 7. The largest absolute Gasteiger partial charge is 0.433 e. The van der Waals surface area contributed by atoms with Crippen LogP contribution in [0.1, 0.15) is 60.3 Å². The van der Waals surface area contributed by atoms with E-state index >= 15 is 0 Å². The van der Waals surface area contributed by atoms with E-state index in [1.54, 1.807) is 30.6 Å². The second-order valence-corrected chi connectivity index (χ2v) is 11.2. The van der Waals surface area contributed by atoms with Gasteiger partial charge in [-0.3, -0.25) is 14.7 Å². The van der Waals surface area contributed by atoms with Gasteiger partial charge in [0.15, 0.2) is 0 Å². The lowest BCUT2D eigenvalue weighted by Gasteiger charge is -2.38. The number of carbonyl (C=O) groups excluding carboxylic acids is 2. The molecule has 7 N–H and O–H groups in total. The molecule has 2 atom stereocenters. The summed E-state index contributed by atoms with van der Waals surface area (Å²) in [5, 5.41) is 18.0. The third kappa shape index (κ3) is 6.06. The van der Waals surface area contributed by atoms with Crippen LogP contribution in [0.4, 0.5) is 18.9 Å². The summed E-state index contributed by atoms with van der Waals surface area (Å²) in [5.74, 6) is -0.0103. The number of H-pyrrole nitrogens is 1. The average molecular weight is 585 g/mol. The number of hydrogen-bond donors (Lipinski definition) is 6. The van der Waals surface area contributed by atoms with E-state index in [2.05, 4.69) is 36.5 Å². The third-order valence-electron chi connectivity index (χ3n) is 8.10. The van der Waals surface area contributed by atoms with E-state index in [1.807, 2.05) is 19.9 Å². The first-order valence-corrected chi connectivity index (χ1v) is 14.0. The van der Waals surface area contributed by atoms with Crippen LogP contribution in [-0.2, 0) is 17.4 Å². The molecule has 2 bridgehead atoms. The Kier molecular flexibility index (Phi) is 8.13. The number of nitrogens with two attached hydrogens (primary N) is 1. The fraction of sp³-hybridized carbons (Fsp3) is 0.448. The summed E-state index contributed by atoms with van der Waals surface area (Å²) in [6, 6.07) is 5.52. The molecule has 2 aliphatic heterocycles. The lowest BCUT2D eigenvalue weighted by molar-refractivity contribution is -0.141. The Balaban J connectivity index is 1.23. The second-order valence-electron chi connectivity index (χ2n) is 11.2. The molecule has 13 heteroatoms. The highest BCUT2D eigenvalue weighted by molar-refractivity contribution is 6.04. The van der Waals surface area contributed by atoms with E-state index in [0.29, 0.717) is 55.7 Å². The highest BCUT2D eigenvalue weighted by Gasteiger charge is 2.42. The highest BCUT2D eigenvalue weighted by atomic mass is 19.4. The molecule has 1 saturated carbocycles. The number of halogens is 3. The molecule has 3 aliphatic rings. The smallest absolute Gasteiger partial charge is 0.379 e. The minimum Gasteiger partial charge on any atom is -0.379 e. The number of fused-ring (bicyclic) bond motifs is 2. The van der Waals surface area contributed by atoms with Gasteiger partial charge in [0.2, 0.25) is 5.91 Å². The number of aromatic nitrogens is 2. The summed E-state index contributed by atoms with van der Waals surface area (Å²) >= 11 is 0. The fourth-order valence-corrected chi connectivity index (χ4v) is 5.62. The van der Waals surface area contributed by atoms with Gasteiger partial charge < -0.3 is 27.0 Å². The van der Waals surface area contributed by atoms with Crippen LogP contribution < -0.4 is 27.0 Å². The molecule has 0 spiro atoms. The van der Waals surface area contributed by atoms with E-state index in [0.717, 1.165) is 11.3 Å². The van der Waals surface area contributed by atoms with Crippen molar-refractivity contribution in [2.24, 2.45) is 22.6 Å². The maximum atomic E-state index is 13.5. The van der Waals surface area contributed by atoms with Gasteiger partial charge in [-0.15, -0.1) is 0 Å². The van der Waals surface area contributed by atoms with Crippen molar-refractivity contribution < 1.29 is 22.8 Å². The maximum absolute atomic E-state index is 13.5. The molecule has 2 unspecified atom stereocenters. The Morgan fingerprint density at radius 3 is 2.67 bits per heavy atom. The third-order valence-corrected chi connectivity index (χ3v) is 8.10. The molecule has 1 fully saturated rings. The Hall–Kier alpha value is -4.13. The van der Waals surface area contributed by atoms with Crippen LogP contribution in [0, 0.1) is 11.8 Å². The first-order chi connectivity index (χ1) is 20.0. The zero-order valence-electron chi connectivity index (χ0n) is 23.4. The number of nitrogens with one attached hydrogen (secondary N) is 5. The summed E-state index contributed by atoms with van der Waals surface area (Å²) < 4.78 is 40.5. The minimum atomic E-state index is -4.55. The van der Waals surface area contributed by atoms with Crippen molar-refractivity contribution >= 4 is 28.9 Å². The number of aliphatic imine (C=N–C) groups is 1. The van der Waals surface area contributed by atoms with Crippen LogP contribution in [0.15, 0.2) is 47.9 Å². The maximum Gasteiger partial charge on any atom is 0.433 e. The number of alkyl halides is 3. The number of rotatable bonds is 8. The van der Waals surface area contributed by atoms with Crippen LogP contribution in [0.2, 0.25) is 0 Å². The molecule has 10 nitrogen and oxygen atoms in total. The monoisotopic (exact) mass is 584 g/mol. The molecule has 3 heterocycles. The number of anilines is 1. The Bertz CT molecular complexity index is 1440. The molecule has 2 aromatic rings. The van der Waals surface area contributed by atoms with Crippen LogP contribution in [0.25, 0.3) is 5.57 Å². The van der Waals surface area contributed by atoms with Gasteiger partial charge in [-0.25, -0.2) is 4.99 Å². The van der Waals surface area contributed by atoms with Crippen molar-refractivity contribution in [3.63, 3.8) is 0 Å². The van der Waals surface area contributed by atoms with Crippen molar-refractivity contribution in [1.82, 2.24) is 26.1 Å². The van der Waals surface area contributed by atoms with Crippen LogP contribution in [0.5, 0.6) is 0 Å². The van der Waals surface area contributed by atoms with Gasteiger partial charge in [0.1, 0.15) is 11.5 Å². The van der Waals surface area contributed by atoms with Crippen molar-refractivity contribution in [2.45, 2.75) is 57.3 Å². The van der Waals surface area contributed by atoms with Crippen LogP contribution in [0.3, 0.4) is 0 Å². The highest BCUT2D eigenvalue weighted by Crippen LogP contribution is 2.41. The van der Waals surface area contributed by atoms with Crippen LogP contribution in [-0.4, -0.2) is 52.5 Å². The minimum absolute atomic E-state index is 0.00930. The average Bonchev–Trinajstić information content (AvgIpc) is 3.39. The van der Waals surface area contributed by atoms with Crippen LogP contribution >= 0.6 is 0 Å². The SMILES string of the molecule is CCc1cc(NC2=NC=CC3CC2(C)NC=C3c2cn[nH]c2C(F)(F)F)ccc1C(=O)NCCNC(=O)C1CC(N)C1. The molecule has 1 aromatic carbocycles. The van der Waals surface area contributed by atoms with E-state index in [-0.39, 0.29) is 35.3 Å². The predicted molar refractivity (Wildman–Crippen MR) is 153 cm³/mol.